The summed E-state index contributed by atoms with van der Waals surface area (Å²) in [5.74, 6) is 0. The Morgan fingerprint density at radius 2 is 2.05 bits per heavy atom. The molecule has 2 aromatic rings. The summed E-state index contributed by atoms with van der Waals surface area (Å²) in [6.45, 7) is 4.19. The third kappa shape index (κ3) is 3.26. The van der Waals surface area contributed by atoms with E-state index < -0.39 is 0 Å². The highest BCUT2D eigenvalue weighted by atomic mass is 32.1. The Morgan fingerprint density at radius 1 is 1.35 bits per heavy atom. The van der Waals surface area contributed by atoms with Crippen molar-refractivity contribution in [2.24, 2.45) is 5.73 Å². The number of methoxy groups -OCH3 is 1. The van der Waals surface area contributed by atoms with Gasteiger partial charge >= 0.3 is 0 Å². The van der Waals surface area contributed by atoms with E-state index in [0.29, 0.717) is 0 Å². The first-order valence-electron chi connectivity index (χ1n) is 6.89. The smallest absolute Gasteiger partial charge is 0.125 e. The molecule has 0 spiro atoms. The molecule has 108 valence electrons. The lowest BCUT2D eigenvalue weighted by atomic mass is 10.0. The number of benzene rings is 1. The summed E-state index contributed by atoms with van der Waals surface area (Å²) in [4.78, 5) is 4.70. The fourth-order valence-corrected chi connectivity index (χ4v) is 3.11. The van der Waals surface area contributed by atoms with Gasteiger partial charge in [0.1, 0.15) is 10.6 Å². The Kier molecular flexibility index (Phi) is 4.91. The van der Waals surface area contributed by atoms with Gasteiger partial charge in [0.05, 0.1) is 5.69 Å². The van der Waals surface area contributed by atoms with E-state index in [9.17, 15) is 0 Å². The molecule has 0 aliphatic carbocycles. The molecule has 0 aliphatic rings. The number of aromatic nitrogens is 1. The quantitative estimate of drug-likeness (QED) is 0.883. The molecule has 1 aromatic heterocycles. The van der Waals surface area contributed by atoms with Crippen LogP contribution in [-0.2, 0) is 16.8 Å². The van der Waals surface area contributed by atoms with Gasteiger partial charge < -0.3 is 10.5 Å². The maximum absolute atomic E-state index is 6.24. The average molecular weight is 290 g/mol. The van der Waals surface area contributed by atoms with Crippen molar-refractivity contribution in [1.29, 1.82) is 0 Å². The highest BCUT2D eigenvalue weighted by Crippen LogP contribution is 2.31. The number of ether oxygens (including phenoxy) is 1. The minimum absolute atomic E-state index is 0.0124. The predicted octanol–water partition coefficient (Wildman–Crippen LogP) is 3.66. The molecule has 0 saturated carbocycles. The molecular weight excluding hydrogens is 268 g/mol. The van der Waals surface area contributed by atoms with Crippen LogP contribution in [0.15, 0.2) is 35.7 Å². The van der Waals surface area contributed by atoms with Gasteiger partial charge in [-0.05, 0) is 18.9 Å². The lowest BCUT2D eigenvalue weighted by Crippen LogP contribution is -2.23. The van der Waals surface area contributed by atoms with Crippen LogP contribution in [0.1, 0.15) is 42.6 Å². The van der Waals surface area contributed by atoms with E-state index in [1.54, 1.807) is 18.4 Å². The van der Waals surface area contributed by atoms with Gasteiger partial charge in [-0.15, -0.1) is 11.3 Å². The van der Waals surface area contributed by atoms with Gasteiger partial charge in [0.15, 0.2) is 0 Å². The van der Waals surface area contributed by atoms with Crippen molar-refractivity contribution in [2.75, 3.05) is 7.11 Å². The molecule has 1 aromatic carbocycles. The molecule has 3 nitrogen and oxygen atoms in total. The molecule has 0 radical (unpaired) electrons. The minimum Gasteiger partial charge on any atom is -0.371 e. The predicted molar refractivity (Wildman–Crippen MR) is 83.8 cm³/mol. The van der Waals surface area contributed by atoms with E-state index in [0.717, 1.165) is 29.1 Å². The molecule has 0 aliphatic heterocycles. The number of rotatable bonds is 6. The maximum Gasteiger partial charge on any atom is 0.125 e. The van der Waals surface area contributed by atoms with Crippen molar-refractivity contribution < 1.29 is 4.74 Å². The first kappa shape index (κ1) is 15.2. The second kappa shape index (κ2) is 6.48. The van der Waals surface area contributed by atoms with Crippen molar-refractivity contribution in [1.82, 2.24) is 4.98 Å². The SMILES string of the molecule is CCC(C)(OC)c1nc(CC(N)c2ccccc2)cs1. The zero-order valence-electron chi connectivity index (χ0n) is 12.3. The van der Waals surface area contributed by atoms with Gasteiger partial charge in [-0.1, -0.05) is 37.3 Å². The summed E-state index contributed by atoms with van der Waals surface area (Å²) in [6.07, 6.45) is 1.66. The Balaban J connectivity index is 2.10. The summed E-state index contributed by atoms with van der Waals surface area (Å²) in [5, 5.41) is 3.11. The highest BCUT2D eigenvalue weighted by Gasteiger charge is 2.27. The fraction of sp³-hybridized carbons (Fsp3) is 0.438. The van der Waals surface area contributed by atoms with Crippen LogP contribution in [0.4, 0.5) is 0 Å². The van der Waals surface area contributed by atoms with Gasteiger partial charge in [-0.25, -0.2) is 4.98 Å². The average Bonchev–Trinajstić information content (AvgIpc) is 2.96. The zero-order valence-corrected chi connectivity index (χ0v) is 13.1. The Morgan fingerprint density at radius 3 is 2.65 bits per heavy atom. The van der Waals surface area contributed by atoms with Crippen molar-refractivity contribution in [3.63, 3.8) is 0 Å². The summed E-state index contributed by atoms with van der Waals surface area (Å²) in [6, 6.07) is 10.1. The summed E-state index contributed by atoms with van der Waals surface area (Å²) in [5.41, 5.74) is 8.14. The molecule has 0 amide bonds. The van der Waals surface area contributed by atoms with E-state index in [4.69, 9.17) is 15.5 Å². The second-order valence-electron chi connectivity index (χ2n) is 5.15. The van der Waals surface area contributed by atoms with E-state index in [1.807, 2.05) is 18.2 Å². The van der Waals surface area contributed by atoms with Crippen LogP contribution in [0.5, 0.6) is 0 Å². The van der Waals surface area contributed by atoms with Crippen LogP contribution >= 0.6 is 11.3 Å². The van der Waals surface area contributed by atoms with Gasteiger partial charge in [0, 0.05) is 25.0 Å². The van der Waals surface area contributed by atoms with Crippen LogP contribution in [0.3, 0.4) is 0 Å². The summed E-state index contributed by atoms with van der Waals surface area (Å²) < 4.78 is 5.59. The van der Waals surface area contributed by atoms with E-state index in [1.165, 1.54) is 0 Å². The molecule has 2 N–H and O–H groups in total. The van der Waals surface area contributed by atoms with Gasteiger partial charge in [0.2, 0.25) is 0 Å². The van der Waals surface area contributed by atoms with Crippen LogP contribution in [-0.4, -0.2) is 12.1 Å². The fourth-order valence-electron chi connectivity index (χ4n) is 2.07. The number of hydrogen-bond acceptors (Lipinski definition) is 4. The number of nitrogens with two attached hydrogens (primary N) is 1. The van der Waals surface area contributed by atoms with Crippen molar-refractivity contribution >= 4 is 11.3 Å². The molecule has 2 rings (SSSR count). The first-order valence-corrected chi connectivity index (χ1v) is 7.77. The standard InChI is InChI=1S/C16H22N2OS/c1-4-16(2,19-3)15-18-13(11-20-15)10-14(17)12-8-6-5-7-9-12/h5-9,11,14H,4,10,17H2,1-3H3. The molecule has 2 atom stereocenters. The zero-order chi connectivity index (χ0) is 14.6. The van der Waals surface area contributed by atoms with Gasteiger partial charge in [-0.2, -0.15) is 0 Å². The summed E-state index contributed by atoms with van der Waals surface area (Å²) >= 11 is 1.65. The van der Waals surface area contributed by atoms with Gasteiger partial charge in [0.25, 0.3) is 0 Å². The monoisotopic (exact) mass is 290 g/mol. The lowest BCUT2D eigenvalue weighted by molar-refractivity contribution is -0.00167. The molecule has 1 heterocycles. The van der Waals surface area contributed by atoms with Crippen LogP contribution in [0, 0.1) is 0 Å². The first-order chi connectivity index (χ1) is 9.59. The van der Waals surface area contributed by atoms with E-state index >= 15 is 0 Å². The van der Waals surface area contributed by atoms with Crippen molar-refractivity contribution in [3.05, 3.63) is 52.0 Å². The van der Waals surface area contributed by atoms with Crippen molar-refractivity contribution in [3.8, 4) is 0 Å². The van der Waals surface area contributed by atoms with Gasteiger partial charge in [-0.3, -0.25) is 0 Å². The Labute approximate surface area is 124 Å². The number of hydrogen-bond donors (Lipinski definition) is 1. The molecule has 0 saturated heterocycles. The normalized spacial score (nSPS) is 15.8. The molecule has 2 unspecified atom stereocenters. The summed E-state index contributed by atoms with van der Waals surface area (Å²) in [7, 11) is 1.74. The molecule has 20 heavy (non-hydrogen) atoms. The van der Waals surface area contributed by atoms with Crippen LogP contribution < -0.4 is 5.73 Å². The number of thiazole rings is 1. The highest BCUT2D eigenvalue weighted by molar-refractivity contribution is 7.09. The molecule has 0 bridgehead atoms. The van der Waals surface area contributed by atoms with E-state index in [2.05, 4.69) is 31.4 Å². The maximum atomic E-state index is 6.24. The van der Waals surface area contributed by atoms with Crippen molar-refractivity contribution in [2.45, 2.75) is 38.3 Å². The third-order valence-corrected chi connectivity index (χ3v) is 4.92. The topological polar surface area (TPSA) is 48.1 Å². The Bertz CT molecular complexity index is 534. The molecule has 0 fully saturated rings. The second-order valence-corrected chi connectivity index (χ2v) is 6.01. The molecule has 4 heteroatoms. The third-order valence-electron chi connectivity index (χ3n) is 3.79. The lowest BCUT2D eigenvalue weighted by Gasteiger charge is -2.23. The van der Waals surface area contributed by atoms with E-state index in [-0.39, 0.29) is 11.6 Å². The number of nitrogens with zero attached hydrogens (tertiary/aromatic N) is 1. The van der Waals surface area contributed by atoms with Crippen LogP contribution in [0.2, 0.25) is 0 Å². The molecular formula is C16H22N2OS. The Hall–Kier alpha value is -1.23. The van der Waals surface area contributed by atoms with Crippen LogP contribution in [0.25, 0.3) is 0 Å². The minimum atomic E-state index is -0.292. The largest absolute Gasteiger partial charge is 0.371 e.